The molecule has 0 atom stereocenters. The van der Waals surface area contributed by atoms with Crippen molar-refractivity contribution in [3.8, 4) is 17.1 Å². The van der Waals surface area contributed by atoms with Crippen molar-refractivity contribution in [2.24, 2.45) is 0 Å². The van der Waals surface area contributed by atoms with Gasteiger partial charge >= 0.3 is 0 Å². The molecule has 0 unspecified atom stereocenters. The van der Waals surface area contributed by atoms with Gasteiger partial charge in [-0.1, -0.05) is 5.16 Å². The van der Waals surface area contributed by atoms with Crippen molar-refractivity contribution >= 4 is 17.4 Å². The largest absolute Gasteiger partial charge is 0.494 e. The average Bonchev–Trinajstić information content (AvgIpc) is 3.17. The Kier molecular flexibility index (Phi) is 6.21. The molecule has 0 saturated heterocycles. The fraction of sp³-hybridized carbons (Fsp3) is 0.300. The molecule has 1 amide bonds. The number of hydrogen-bond donors (Lipinski definition) is 1. The van der Waals surface area contributed by atoms with Gasteiger partial charge in [0.2, 0.25) is 17.6 Å². The Morgan fingerprint density at radius 3 is 2.61 bits per heavy atom. The number of carbonyl (C=O) groups is 1. The summed E-state index contributed by atoms with van der Waals surface area (Å²) in [5, 5.41) is 6.79. The normalized spacial score (nSPS) is 10.5. The number of aromatic nitrogens is 3. The molecule has 0 saturated carbocycles. The molecule has 8 nitrogen and oxygen atoms in total. The van der Waals surface area contributed by atoms with E-state index in [2.05, 4.69) is 20.4 Å². The number of carbonyl (C=O) groups excluding carboxylic acids is 1. The summed E-state index contributed by atoms with van der Waals surface area (Å²) in [5.41, 5.74) is 1.48. The summed E-state index contributed by atoms with van der Waals surface area (Å²) in [4.78, 5) is 22.6. The van der Waals surface area contributed by atoms with Crippen LogP contribution in [-0.4, -0.2) is 41.7 Å². The summed E-state index contributed by atoms with van der Waals surface area (Å²) in [5.74, 6) is 2.38. The van der Waals surface area contributed by atoms with E-state index in [0.717, 1.165) is 17.1 Å². The maximum Gasteiger partial charge on any atom is 0.227 e. The highest BCUT2D eigenvalue weighted by molar-refractivity contribution is 5.90. The zero-order valence-electron chi connectivity index (χ0n) is 16.2. The van der Waals surface area contributed by atoms with Gasteiger partial charge in [-0.05, 0) is 43.3 Å². The topological polar surface area (TPSA) is 93.4 Å². The Bertz CT molecular complexity index is 904. The van der Waals surface area contributed by atoms with E-state index in [1.165, 1.54) is 0 Å². The van der Waals surface area contributed by atoms with Gasteiger partial charge in [0.15, 0.2) is 0 Å². The summed E-state index contributed by atoms with van der Waals surface area (Å²) in [6.45, 7) is 2.55. The van der Waals surface area contributed by atoms with Crippen molar-refractivity contribution in [3.05, 3.63) is 48.5 Å². The molecular formula is C20H23N5O3. The quantitative estimate of drug-likeness (QED) is 0.640. The molecule has 0 aliphatic rings. The van der Waals surface area contributed by atoms with Gasteiger partial charge in [-0.25, -0.2) is 4.98 Å². The Morgan fingerprint density at radius 1 is 1.18 bits per heavy atom. The van der Waals surface area contributed by atoms with E-state index in [9.17, 15) is 4.79 Å². The summed E-state index contributed by atoms with van der Waals surface area (Å²) in [7, 11) is 3.82. The molecule has 1 N–H and O–H groups in total. The van der Waals surface area contributed by atoms with Gasteiger partial charge in [0, 0.05) is 32.5 Å². The molecule has 0 aliphatic heterocycles. The van der Waals surface area contributed by atoms with Crippen LogP contribution in [0.2, 0.25) is 0 Å². The molecule has 0 radical (unpaired) electrons. The fourth-order valence-corrected chi connectivity index (χ4v) is 2.51. The van der Waals surface area contributed by atoms with Gasteiger partial charge < -0.3 is 19.5 Å². The minimum absolute atomic E-state index is 0.139. The van der Waals surface area contributed by atoms with Crippen molar-refractivity contribution in [1.82, 2.24) is 15.1 Å². The molecule has 0 aliphatic carbocycles. The molecule has 0 spiro atoms. The van der Waals surface area contributed by atoms with E-state index < -0.39 is 0 Å². The maximum atomic E-state index is 12.1. The van der Waals surface area contributed by atoms with Gasteiger partial charge in [0.25, 0.3) is 0 Å². The summed E-state index contributed by atoms with van der Waals surface area (Å²) < 4.78 is 10.7. The minimum Gasteiger partial charge on any atom is -0.494 e. The van der Waals surface area contributed by atoms with Crippen LogP contribution in [0, 0.1) is 0 Å². The van der Waals surface area contributed by atoms with Crippen LogP contribution in [-0.2, 0) is 11.2 Å². The Hall–Kier alpha value is -3.42. The summed E-state index contributed by atoms with van der Waals surface area (Å²) in [6, 6.07) is 11.1. The first-order valence-electron chi connectivity index (χ1n) is 9.04. The lowest BCUT2D eigenvalue weighted by Gasteiger charge is -2.11. The molecule has 2 aromatic heterocycles. The number of hydrogen-bond acceptors (Lipinski definition) is 7. The zero-order chi connectivity index (χ0) is 19.9. The molecule has 28 heavy (non-hydrogen) atoms. The minimum atomic E-state index is -0.139. The number of pyridine rings is 1. The van der Waals surface area contributed by atoms with Crippen LogP contribution in [0.25, 0.3) is 11.4 Å². The van der Waals surface area contributed by atoms with E-state index in [0.29, 0.717) is 30.4 Å². The molecule has 0 fully saturated rings. The summed E-state index contributed by atoms with van der Waals surface area (Å²) >= 11 is 0. The van der Waals surface area contributed by atoms with Crippen molar-refractivity contribution < 1.29 is 14.1 Å². The van der Waals surface area contributed by atoms with Crippen molar-refractivity contribution in [2.45, 2.75) is 19.8 Å². The summed E-state index contributed by atoms with van der Waals surface area (Å²) in [6.07, 6.45) is 2.23. The fourth-order valence-electron chi connectivity index (χ4n) is 2.51. The maximum absolute atomic E-state index is 12.1. The monoisotopic (exact) mass is 381 g/mol. The number of anilines is 2. The van der Waals surface area contributed by atoms with Gasteiger partial charge in [0.05, 0.1) is 18.5 Å². The predicted molar refractivity (Wildman–Crippen MR) is 106 cm³/mol. The van der Waals surface area contributed by atoms with Gasteiger partial charge in [-0.3, -0.25) is 4.79 Å². The second kappa shape index (κ2) is 8.98. The highest BCUT2D eigenvalue weighted by atomic mass is 16.5. The van der Waals surface area contributed by atoms with E-state index >= 15 is 0 Å². The van der Waals surface area contributed by atoms with Crippen LogP contribution >= 0.6 is 0 Å². The van der Waals surface area contributed by atoms with Crippen LogP contribution in [0.15, 0.2) is 47.1 Å². The van der Waals surface area contributed by atoms with Crippen molar-refractivity contribution in [2.75, 3.05) is 30.9 Å². The van der Waals surface area contributed by atoms with Crippen LogP contribution in [0.3, 0.4) is 0 Å². The number of nitrogens with zero attached hydrogens (tertiary/aromatic N) is 4. The standard InChI is InChI=1S/C20H23N5O3/c1-4-27-16-8-5-14(6-9-16)20-23-19(28-24-20)12-11-18(26)22-15-7-10-17(21-13-15)25(2)3/h5-10,13H,4,11-12H2,1-3H3,(H,22,26). The number of benzene rings is 1. The van der Waals surface area contributed by atoms with Crippen molar-refractivity contribution in [1.29, 1.82) is 0 Å². The van der Waals surface area contributed by atoms with Gasteiger partial charge in [-0.2, -0.15) is 4.98 Å². The van der Waals surface area contributed by atoms with Gasteiger partial charge in [-0.15, -0.1) is 0 Å². The number of rotatable bonds is 8. The smallest absolute Gasteiger partial charge is 0.227 e. The second-order valence-corrected chi connectivity index (χ2v) is 6.32. The Balaban J connectivity index is 1.52. The lowest BCUT2D eigenvalue weighted by molar-refractivity contribution is -0.116. The highest BCUT2D eigenvalue weighted by Gasteiger charge is 2.11. The SMILES string of the molecule is CCOc1ccc(-c2noc(CCC(=O)Nc3ccc(N(C)C)nc3)n2)cc1. The van der Waals surface area contributed by atoms with Crippen molar-refractivity contribution in [3.63, 3.8) is 0 Å². The van der Waals surface area contributed by atoms with Crippen LogP contribution in [0.4, 0.5) is 11.5 Å². The molecule has 146 valence electrons. The van der Waals surface area contributed by atoms with E-state index in [1.54, 1.807) is 6.20 Å². The number of nitrogens with one attached hydrogen (secondary N) is 1. The third-order valence-corrected chi connectivity index (χ3v) is 3.95. The van der Waals surface area contributed by atoms with Crippen LogP contribution in [0.5, 0.6) is 5.75 Å². The Labute approximate surface area is 163 Å². The lowest BCUT2D eigenvalue weighted by atomic mass is 10.2. The second-order valence-electron chi connectivity index (χ2n) is 6.32. The van der Waals surface area contributed by atoms with E-state index in [1.807, 2.05) is 62.3 Å². The molecular weight excluding hydrogens is 358 g/mol. The highest BCUT2D eigenvalue weighted by Crippen LogP contribution is 2.20. The first kappa shape index (κ1) is 19.3. The van der Waals surface area contributed by atoms with E-state index in [-0.39, 0.29) is 12.3 Å². The number of aryl methyl sites for hydroxylation is 1. The molecule has 3 rings (SSSR count). The number of amides is 1. The molecule has 3 aromatic rings. The van der Waals surface area contributed by atoms with E-state index in [4.69, 9.17) is 9.26 Å². The molecule has 2 heterocycles. The average molecular weight is 381 g/mol. The third kappa shape index (κ3) is 5.06. The molecule has 0 bridgehead atoms. The lowest BCUT2D eigenvalue weighted by Crippen LogP contribution is -2.14. The van der Waals surface area contributed by atoms with Crippen LogP contribution < -0.4 is 15.0 Å². The van der Waals surface area contributed by atoms with Crippen LogP contribution in [0.1, 0.15) is 19.2 Å². The molecule has 1 aromatic carbocycles. The Morgan fingerprint density at radius 2 is 1.96 bits per heavy atom. The first-order valence-corrected chi connectivity index (χ1v) is 9.04. The zero-order valence-corrected chi connectivity index (χ0v) is 16.2. The molecule has 8 heteroatoms. The number of ether oxygens (including phenoxy) is 1. The first-order chi connectivity index (χ1) is 13.5. The van der Waals surface area contributed by atoms with Gasteiger partial charge in [0.1, 0.15) is 11.6 Å². The predicted octanol–water partition coefficient (Wildman–Crippen LogP) is 3.17. The third-order valence-electron chi connectivity index (χ3n) is 3.95.